The Morgan fingerprint density at radius 1 is 1.44 bits per heavy atom. The zero-order valence-corrected chi connectivity index (χ0v) is 14.1. The van der Waals surface area contributed by atoms with Gasteiger partial charge in [0, 0.05) is 23.5 Å². The predicted molar refractivity (Wildman–Crippen MR) is 100 cm³/mol. The lowest BCUT2D eigenvalue weighted by Crippen LogP contribution is -2.18. The molecule has 0 heterocycles. The van der Waals surface area contributed by atoms with Crippen molar-refractivity contribution in [1.82, 2.24) is 0 Å². The van der Waals surface area contributed by atoms with E-state index in [1.54, 1.807) is 31.2 Å². The molecule has 0 amide bonds. The number of nitro benzene ring substituents is 1. The molecule has 0 saturated carbocycles. The molecule has 0 bridgehead atoms. The van der Waals surface area contributed by atoms with Crippen LogP contribution < -0.4 is 15.8 Å². The molecule has 0 fully saturated rings. The number of ether oxygens (including phenoxy) is 1. The number of nitrogens with two attached hydrogens (primary N) is 1. The van der Waals surface area contributed by atoms with E-state index in [-0.39, 0.29) is 34.5 Å². The number of phenols is 1. The highest BCUT2D eigenvalue weighted by molar-refractivity contribution is 7.80. The molecule has 0 radical (unpaired) electrons. The van der Waals surface area contributed by atoms with Gasteiger partial charge in [-0.25, -0.2) is 0 Å². The molecule has 130 valence electrons. The number of nitrogens with zero attached hydrogens (tertiary/aromatic N) is 2. The maximum Gasteiger partial charge on any atom is 0.274 e. The van der Waals surface area contributed by atoms with E-state index >= 15 is 0 Å². The number of hydrogen-bond donors (Lipinski definition) is 3. The highest BCUT2D eigenvalue weighted by atomic mass is 32.1. The van der Waals surface area contributed by atoms with Gasteiger partial charge in [-0.15, -0.1) is 0 Å². The van der Waals surface area contributed by atoms with Gasteiger partial charge in [0.25, 0.3) is 5.69 Å². The van der Waals surface area contributed by atoms with E-state index in [1.807, 2.05) is 0 Å². The number of nitro groups is 1. The number of hydrogen-bond acceptors (Lipinski definition) is 6. The van der Waals surface area contributed by atoms with E-state index in [4.69, 9.17) is 22.7 Å². The first-order chi connectivity index (χ1) is 11.9. The van der Waals surface area contributed by atoms with Gasteiger partial charge in [-0.05, 0) is 43.4 Å². The van der Waals surface area contributed by atoms with Crippen molar-refractivity contribution in [3.05, 3.63) is 52.1 Å². The fourth-order valence-corrected chi connectivity index (χ4v) is 2.12. The van der Waals surface area contributed by atoms with Crippen LogP contribution in [0.4, 0.5) is 17.1 Å². The summed E-state index contributed by atoms with van der Waals surface area (Å²) in [5.41, 5.74) is 6.67. The number of non-ortho nitro benzene ring substituents is 1. The minimum absolute atomic E-state index is 0.0363. The predicted octanol–water partition coefficient (Wildman–Crippen LogP) is 3.11. The number of aromatic hydroxyl groups is 1. The summed E-state index contributed by atoms with van der Waals surface area (Å²) in [6.07, 6.45) is 1.33. The van der Waals surface area contributed by atoms with Crippen LogP contribution in [0.3, 0.4) is 0 Å². The second kappa shape index (κ2) is 8.06. The zero-order valence-electron chi connectivity index (χ0n) is 13.3. The number of thiocarbonyl (C=S) groups is 1. The van der Waals surface area contributed by atoms with Crippen molar-refractivity contribution in [2.45, 2.75) is 6.92 Å². The van der Waals surface area contributed by atoms with Crippen molar-refractivity contribution < 1.29 is 14.8 Å². The first-order valence-corrected chi connectivity index (χ1v) is 7.66. The molecular weight excluding hydrogens is 344 g/mol. The first kappa shape index (κ1) is 18.1. The summed E-state index contributed by atoms with van der Waals surface area (Å²) in [6, 6.07) is 9.26. The Labute approximate surface area is 149 Å². The minimum Gasteiger partial charge on any atom is -0.504 e. The van der Waals surface area contributed by atoms with E-state index in [0.29, 0.717) is 11.4 Å². The van der Waals surface area contributed by atoms with Gasteiger partial charge in [-0.3, -0.25) is 15.1 Å². The summed E-state index contributed by atoms with van der Waals surface area (Å²) in [6.45, 7) is 1.98. The molecule has 2 rings (SSSR count). The second-order valence-electron chi connectivity index (χ2n) is 4.87. The molecule has 0 spiro atoms. The zero-order chi connectivity index (χ0) is 18.4. The molecule has 0 aliphatic heterocycles. The lowest BCUT2D eigenvalue weighted by molar-refractivity contribution is -0.385. The number of benzene rings is 2. The molecular formula is C16H16N4O4S. The average Bonchev–Trinajstić information content (AvgIpc) is 2.56. The number of rotatable bonds is 6. The summed E-state index contributed by atoms with van der Waals surface area (Å²) in [5, 5.41) is 24.1. The Hall–Kier alpha value is -3.20. The monoisotopic (exact) mass is 360 g/mol. The molecule has 9 heteroatoms. The molecule has 2 aromatic carbocycles. The van der Waals surface area contributed by atoms with Gasteiger partial charge in [-0.1, -0.05) is 0 Å². The van der Waals surface area contributed by atoms with Gasteiger partial charge in [0.05, 0.1) is 23.3 Å². The largest absolute Gasteiger partial charge is 0.504 e. The molecule has 0 saturated heterocycles. The van der Waals surface area contributed by atoms with Gasteiger partial charge in [0.2, 0.25) is 0 Å². The van der Waals surface area contributed by atoms with Gasteiger partial charge in [0.1, 0.15) is 0 Å². The van der Waals surface area contributed by atoms with Crippen molar-refractivity contribution in [3.63, 3.8) is 0 Å². The van der Waals surface area contributed by atoms with Crippen LogP contribution in [0.1, 0.15) is 12.5 Å². The van der Waals surface area contributed by atoms with Crippen LogP contribution in [0.2, 0.25) is 0 Å². The minimum atomic E-state index is -0.560. The summed E-state index contributed by atoms with van der Waals surface area (Å²) in [5.74, 6) is -0.169. The highest BCUT2D eigenvalue weighted by Gasteiger charge is 2.16. The SMILES string of the molecule is CCOc1cc([N+](=O)[O-])cc(C=Nc2ccc(NC(N)=S)cc2)c1O. The fraction of sp³-hybridized carbons (Fsp3) is 0.125. The molecule has 8 nitrogen and oxygen atoms in total. The van der Waals surface area contributed by atoms with Crippen LogP contribution in [0.15, 0.2) is 41.4 Å². The Kier molecular flexibility index (Phi) is 5.85. The van der Waals surface area contributed by atoms with Crippen LogP contribution in [-0.2, 0) is 0 Å². The number of phenolic OH excluding ortho intramolecular Hbond substituents is 1. The number of nitrogens with one attached hydrogen (secondary N) is 1. The van der Waals surface area contributed by atoms with E-state index in [0.717, 1.165) is 0 Å². The van der Waals surface area contributed by atoms with Gasteiger partial charge in [0.15, 0.2) is 16.6 Å². The standard InChI is InChI=1S/C16H16N4O4S/c1-2-24-14-8-13(20(22)23)7-10(15(14)21)9-18-11-3-5-12(6-4-11)19-16(17)25/h3-9,21H,2H2,1H3,(H3,17,19,25). The maximum absolute atomic E-state index is 11.0. The third-order valence-electron chi connectivity index (χ3n) is 3.09. The van der Waals surface area contributed by atoms with Gasteiger partial charge < -0.3 is 20.9 Å². The van der Waals surface area contributed by atoms with E-state index in [9.17, 15) is 15.2 Å². The van der Waals surface area contributed by atoms with E-state index in [1.165, 1.54) is 18.3 Å². The lowest BCUT2D eigenvalue weighted by Gasteiger charge is -2.08. The quantitative estimate of drug-likeness (QED) is 0.313. The van der Waals surface area contributed by atoms with Gasteiger partial charge >= 0.3 is 0 Å². The average molecular weight is 360 g/mol. The third kappa shape index (κ3) is 4.88. The van der Waals surface area contributed by atoms with Crippen molar-refractivity contribution in [2.24, 2.45) is 10.7 Å². The maximum atomic E-state index is 11.0. The Balaban J connectivity index is 2.30. The Morgan fingerprint density at radius 2 is 2.12 bits per heavy atom. The van der Waals surface area contributed by atoms with Crippen LogP contribution in [0, 0.1) is 10.1 Å². The fourth-order valence-electron chi connectivity index (χ4n) is 2.00. The summed E-state index contributed by atoms with van der Waals surface area (Å²) in [4.78, 5) is 14.7. The molecule has 0 aliphatic rings. The van der Waals surface area contributed by atoms with Crippen molar-refractivity contribution >= 4 is 40.6 Å². The second-order valence-corrected chi connectivity index (χ2v) is 5.31. The van der Waals surface area contributed by atoms with Crippen molar-refractivity contribution in [2.75, 3.05) is 11.9 Å². The Bertz CT molecular complexity index is 822. The number of aliphatic imine (C=N–C) groups is 1. The van der Waals surface area contributed by atoms with E-state index < -0.39 is 4.92 Å². The van der Waals surface area contributed by atoms with Crippen LogP contribution in [-0.4, -0.2) is 28.0 Å². The molecule has 25 heavy (non-hydrogen) atoms. The summed E-state index contributed by atoms with van der Waals surface area (Å²) >= 11 is 4.75. The molecule has 2 aromatic rings. The molecule has 0 aliphatic carbocycles. The van der Waals surface area contributed by atoms with Crippen molar-refractivity contribution in [1.29, 1.82) is 0 Å². The smallest absolute Gasteiger partial charge is 0.274 e. The molecule has 0 unspecified atom stereocenters. The summed E-state index contributed by atoms with van der Waals surface area (Å²) in [7, 11) is 0. The highest BCUT2D eigenvalue weighted by Crippen LogP contribution is 2.34. The normalized spacial score (nSPS) is 10.6. The Morgan fingerprint density at radius 3 is 2.68 bits per heavy atom. The molecule has 4 N–H and O–H groups in total. The lowest BCUT2D eigenvalue weighted by atomic mass is 10.1. The third-order valence-corrected chi connectivity index (χ3v) is 3.19. The van der Waals surface area contributed by atoms with Crippen molar-refractivity contribution in [3.8, 4) is 11.5 Å². The first-order valence-electron chi connectivity index (χ1n) is 7.25. The molecule has 0 atom stereocenters. The van der Waals surface area contributed by atoms with Crippen LogP contribution >= 0.6 is 12.2 Å². The molecule has 0 aromatic heterocycles. The van der Waals surface area contributed by atoms with Crippen LogP contribution in [0.25, 0.3) is 0 Å². The van der Waals surface area contributed by atoms with E-state index in [2.05, 4.69) is 10.3 Å². The topological polar surface area (TPSA) is 123 Å². The number of anilines is 1. The van der Waals surface area contributed by atoms with Gasteiger partial charge in [-0.2, -0.15) is 0 Å². The van der Waals surface area contributed by atoms with Crippen LogP contribution in [0.5, 0.6) is 11.5 Å². The summed E-state index contributed by atoms with van der Waals surface area (Å²) < 4.78 is 5.22.